The number of piperazine rings is 1. The third kappa shape index (κ3) is 3.43. The zero-order valence-electron chi connectivity index (χ0n) is 13.0. The summed E-state index contributed by atoms with van der Waals surface area (Å²) in [7, 11) is 0. The second-order valence-corrected chi connectivity index (χ2v) is 5.92. The molecule has 1 fully saturated rings. The number of carbonyl (C=O) groups is 2. The molecule has 0 aromatic heterocycles. The molecule has 1 aliphatic rings. The molecule has 1 heterocycles. The van der Waals surface area contributed by atoms with Crippen molar-refractivity contribution in [3.63, 3.8) is 0 Å². The van der Waals surface area contributed by atoms with Crippen LogP contribution in [0.25, 0.3) is 0 Å². The molecule has 4 heteroatoms. The van der Waals surface area contributed by atoms with Gasteiger partial charge < -0.3 is 10.2 Å². The molecule has 2 rings (SSSR count). The molecule has 0 radical (unpaired) electrons. The van der Waals surface area contributed by atoms with Gasteiger partial charge in [0.1, 0.15) is 12.1 Å². The van der Waals surface area contributed by atoms with Crippen molar-refractivity contribution in [2.45, 2.75) is 45.7 Å². The summed E-state index contributed by atoms with van der Waals surface area (Å²) < 4.78 is 0. The quantitative estimate of drug-likeness (QED) is 0.901. The summed E-state index contributed by atoms with van der Waals surface area (Å²) in [5.74, 6) is 0.134. The van der Waals surface area contributed by atoms with Crippen molar-refractivity contribution in [1.29, 1.82) is 0 Å². The van der Waals surface area contributed by atoms with Crippen LogP contribution in [0.2, 0.25) is 0 Å². The van der Waals surface area contributed by atoms with E-state index in [4.69, 9.17) is 0 Å². The van der Waals surface area contributed by atoms with E-state index in [1.165, 1.54) is 5.56 Å². The lowest BCUT2D eigenvalue weighted by molar-refractivity contribution is -0.150. The first-order valence-corrected chi connectivity index (χ1v) is 7.69. The third-order valence-electron chi connectivity index (χ3n) is 4.06. The van der Waals surface area contributed by atoms with Crippen molar-refractivity contribution >= 4 is 11.8 Å². The lowest BCUT2D eigenvalue weighted by atomic mass is 9.96. The molecule has 0 spiro atoms. The highest BCUT2D eigenvalue weighted by Gasteiger charge is 2.40. The van der Waals surface area contributed by atoms with Crippen LogP contribution in [0.5, 0.6) is 0 Å². The predicted molar refractivity (Wildman–Crippen MR) is 82.7 cm³/mol. The lowest BCUT2D eigenvalue weighted by Crippen LogP contribution is -2.64. The number of rotatable bonds is 5. The van der Waals surface area contributed by atoms with Crippen LogP contribution >= 0.6 is 0 Å². The Morgan fingerprint density at radius 1 is 1.19 bits per heavy atom. The van der Waals surface area contributed by atoms with Crippen molar-refractivity contribution in [2.24, 2.45) is 5.92 Å². The van der Waals surface area contributed by atoms with Crippen LogP contribution in [0.4, 0.5) is 0 Å². The van der Waals surface area contributed by atoms with Crippen molar-refractivity contribution in [3.8, 4) is 0 Å². The Morgan fingerprint density at radius 3 is 2.43 bits per heavy atom. The summed E-state index contributed by atoms with van der Waals surface area (Å²) in [5, 5.41) is 2.86. The van der Waals surface area contributed by atoms with Crippen LogP contribution in [0.3, 0.4) is 0 Å². The van der Waals surface area contributed by atoms with Crippen LogP contribution in [0.1, 0.15) is 32.8 Å². The first kappa shape index (κ1) is 15.5. The van der Waals surface area contributed by atoms with E-state index in [2.05, 4.69) is 17.4 Å². The van der Waals surface area contributed by atoms with Crippen molar-refractivity contribution in [3.05, 3.63) is 35.9 Å². The first-order valence-electron chi connectivity index (χ1n) is 7.69. The number of carbonyl (C=O) groups excluding carboxylic acids is 2. The Balaban J connectivity index is 2.12. The molecule has 0 saturated carbocycles. The minimum Gasteiger partial charge on any atom is -0.342 e. The summed E-state index contributed by atoms with van der Waals surface area (Å²) in [6.45, 7) is 6.47. The maximum atomic E-state index is 12.6. The second kappa shape index (κ2) is 6.74. The van der Waals surface area contributed by atoms with Gasteiger partial charge in [-0.05, 0) is 24.3 Å². The van der Waals surface area contributed by atoms with Gasteiger partial charge in [0.15, 0.2) is 0 Å². The molecule has 2 amide bonds. The molecule has 1 aliphatic heterocycles. The van der Waals surface area contributed by atoms with Crippen LogP contribution in [0.15, 0.2) is 30.3 Å². The molecule has 1 saturated heterocycles. The number of nitrogens with zero attached hydrogens (tertiary/aromatic N) is 1. The molecule has 1 N–H and O–H groups in total. The fourth-order valence-electron chi connectivity index (χ4n) is 2.80. The van der Waals surface area contributed by atoms with E-state index in [1.807, 2.05) is 39.0 Å². The molecule has 4 nitrogen and oxygen atoms in total. The van der Waals surface area contributed by atoms with Gasteiger partial charge in [-0.3, -0.25) is 9.59 Å². The van der Waals surface area contributed by atoms with Gasteiger partial charge in [0.2, 0.25) is 11.8 Å². The summed E-state index contributed by atoms with van der Waals surface area (Å²) in [6, 6.07) is 9.34. The molecule has 1 aromatic rings. The zero-order valence-corrected chi connectivity index (χ0v) is 13.0. The van der Waals surface area contributed by atoms with E-state index < -0.39 is 6.04 Å². The number of benzene rings is 1. The maximum absolute atomic E-state index is 12.6. The van der Waals surface area contributed by atoms with Crippen LogP contribution in [-0.2, 0) is 16.0 Å². The van der Waals surface area contributed by atoms with E-state index >= 15 is 0 Å². The summed E-state index contributed by atoms with van der Waals surface area (Å²) >= 11 is 0. The van der Waals surface area contributed by atoms with Crippen LogP contribution < -0.4 is 5.32 Å². The smallest absolute Gasteiger partial charge is 0.246 e. The second-order valence-electron chi connectivity index (χ2n) is 5.92. The number of amides is 2. The van der Waals surface area contributed by atoms with Crippen molar-refractivity contribution < 1.29 is 9.59 Å². The van der Waals surface area contributed by atoms with E-state index in [9.17, 15) is 9.59 Å². The fourth-order valence-corrected chi connectivity index (χ4v) is 2.80. The van der Waals surface area contributed by atoms with Gasteiger partial charge >= 0.3 is 0 Å². The predicted octanol–water partition coefficient (Wildman–Crippen LogP) is 1.99. The molecule has 0 aliphatic carbocycles. The molecule has 2 atom stereocenters. The van der Waals surface area contributed by atoms with Gasteiger partial charge in [-0.15, -0.1) is 0 Å². The van der Waals surface area contributed by atoms with Crippen molar-refractivity contribution in [1.82, 2.24) is 10.2 Å². The molecule has 21 heavy (non-hydrogen) atoms. The van der Waals surface area contributed by atoms with Gasteiger partial charge in [-0.25, -0.2) is 0 Å². The van der Waals surface area contributed by atoms with Gasteiger partial charge in [-0.2, -0.15) is 0 Å². The molecular weight excluding hydrogens is 264 g/mol. The SMILES string of the molecule is CCC1C(=O)NC(C(C)C)C(=O)N1CCc1ccccc1. The normalized spacial score (nSPS) is 22.6. The topological polar surface area (TPSA) is 49.4 Å². The number of hydrogen-bond donors (Lipinski definition) is 1. The highest BCUT2D eigenvalue weighted by Crippen LogP contribution is 2.18. The number of hydrogen-bond acceptors (Lipinski definition) is 2. The minimum absolute atomic E-state index is 0.0242. The molecule has 114 valence electrons. The molecule has 2 unspecified atom stereocenters. The zero-order chi connectivity index (χ0) is 15.4. The lowest BCUT2D eigenvalue weighted by Gasteiger charge is -2.40. The van der Waals surface area contributed by atoms with Crippen LogP contribution in [-0.4, -0.2) is 35.3 Å². The monoisotopic (exact) mass is 288 g/mol. The van der Waals surface area contributed by atoms with E-state index in [-0.39, 0.29) is 23.8 Å². The largest absolute Gasteiger partial charge is 0.342 e. The first-order chi connectivity index (χ1) is 10.0. The van der Waals surface area contributed by atoms with Gasteiger partial charge in [-0.1, -0.05) is 51.1 Å². The van der Waals surface area contributed by atoms with Crippen LogP contribution in [0, 0.1) is 5.92 Å². The van der Waals surface area contributed by atoms with Crippen molar-refractivity contribution in [2.75, 3.05) is 6.54 Å². The summed E-state index contributed by atoms with van der Waals surface area (Å²) in [5.41, 5.74) is 1.19. The maximum Gasteiger partial charge on any atom is 0.246 e. The average molecular weight is 288 g/mol. The fraction of sp³-hybridized carbons (Fsp3) is 0.529. The summed E-state index contributed by atoms with van der Waals surface area (Å²) in [6.07, 6.45) is 1.43. The molecular formula is C17H24N2O2. The van der Waals surface area contributed by atoms with Gasteiger partial charge in [0.05, 0.1) is 0 Å². The van der Waals surface area contributed by atoms with E-state index in [1.54, 1.807) is 4.90 Å². The van der Waals surface area contributed by atoms with Gasteiger partial charge in [0.25, 0.3) is 0 Å². The highest BCUT2D eigenvalue weighted by molar-refractivity contribution is 5.97. The standard InChI is InChI=1S/C17H24N2O2/c1-4-14-16(20)18-15(12(2)3)17(21)19(14)11-10-13-8-6-5-7-9-13/h5-9,12,14-15H,4,10-11H2,1-3H3,(H,18,20). The summed E-state index contributed by atoms with van der Waals surface area (Å²) in [4.78, 5) is 26.6. The van der Waals surface area contributed by atoms with E-state index in [0.29, 0.717) is 13.0 Å². The van der Waals surface area contributed by atoms with E-state index in [0.717, 1.165) is 6.42 Å². The highest BCUT2D eigenvalue weighted by atomic mass is 16.2. The third-order valence-corrected chi connectivity index (χ3v) is 4.06. The Bertz CT molecular complexity index is 499. The minimum atomic E-state index is -0.393. The molecule has 0 bridgehead atoms. The Morgan fingerprint density at radius 2 is 1.86 bits per heavy atom. The Hall–Kier alpha value is -1.84. The average Bonchev–Trinajstić information content (AvgIpc) is 2.48. The Kier molecular flexibility index (Phi) is 4.99. The van der Waals surface area contributed by atoms with Gasteiger partial charge in [0, 0.05) is 6.54 Å². The number of nitrogens with one attached hydrogen (secondary N) is 1. The Labute approximate surface area is 126 Å². The molecule has 1 aromatic carbocycles.